The summed E-state index contributed by atoms with van der Waals surface area (Å²) in [7, 11) is 0. The van der Waals surface area contributed by atoms with Crippen LogP contribution in [0.25, 0.3) is 0 Å². The predicted octanol–water partition coefficient (Wildman–Crippen LogP) is 3.68. The molecular weight excluding hydrogens is 472 g/mol. The van der Waals surface area contributed by atoms with Crippen LogP contribution in [0.4, 0.5) is 13.9 Å². The van der Waals surface area contributed by atoms with E-state index in [2.05, 4.69) is 39.6 Å². The summed E-state index contributed by atoms with van der Waals surface area (Å²) < 4.78 is 33.3. The summed E-state index contributed by atoms with van der Waals surface area (Å²) in [4.78, 5) is 15.5. The molecule has 1 aliphatic carbocycles. The molecule has 2 N–H and O–H groups in total. The molecule has 1 aliphatic heterocycles. The molecule has 1 aromatic carbocycles. The molecule has 2 aliphatic rings. The molecule has 0 saturated carbocycles. The molecule has 10 heteroatoms. The van der Waals surface area contributed by atoms with Gasteiger partial charge in [-0.05, 0) is 42.9 Å². The Kier molecular flexibility index (Phi) is 8.46. The number of aryl methyl sites for hydroxylation is 1. The Labute approximate surface area is 209 Å². The van der Waals surface area contributed by atoms with Crippen LogP contribution in [-0.4, -0.2) is 65.9 Å². The lowest BCUT2D eigenvalue weighted by molar-refractivity contribution is -0.118. The van der Waals surface area contributed by atoms with Crippen LogP contribution in [0.5, 0.6) is 0 Å². The number of halogens is 2. The van der Waals surface area contributed by atoms with Gasteiger partial charge in [0.05, 0.1) is 19.3 Å². The van der Waals surface area contributed by atoms with Crippen LogP contribution in [0.3, 0.4) is 0 Å². The molecule has 192 valence electrons. The van der Waals surface area contributed by atoms with Crippen molar-refractivity contribution >= 4 is 22.4 Å². The number of amides is 1. The first-order chi connectivity index (χ1) is 16.7. The molecule has 2 unspecified atom stereocenters. The second kappa shape index (κ2) is 11.4. The summed E-state index contributed by atoms with van der Waals surface area (Å²) >= 11 is 1.41. The summed E-state index contributed by atoms with van der Waals surface area (Å²) in [6, 6.07) is 1.87. The third-order valence-corrected chi connectivity index (χ3v) is 7.96. The van der Waals surface area contributed by atoms with Gasteiger partial charge in [0.1, 0.15) is 16.6 Å². The fourth-order valence-corrected chi connectivity index (χ4v) is 5.76. The SMILES string of the molecule is CCCC(NC1CCc2cc(F)cc(F)c2C1)C(=O)Nc1nnc(C(C)(C)CN2CCOCC2)s1. The minimum Gasteiger partial charge on any atom is -0.379 e. The van der Waals surface area contributed by atoms with E-state index in [4.69, 9.17) is 4.74 Å². The lowest BCUT2D eigenvalue weighted by Gasteiger charge is -2.33. The molecule has 2 atom stereocenters. The monoisotopic (exact) mass is 507 g/mol. The molecule has 1 aromatic heterocycles. The van der Waals surface area contributed by atoms with E-state index in [1.54, 1.807) is 0 Å². The minimum absolute atomic E-state index is 0.0535. The largest absolute Gasteiger partial charge is 0.379 e. The van der Waals surface area contributed by atoms with Gasteiger partial charge in [-0.3, -0.25) is 15.0 Å². The van der Waals surface area contributed by atoms with E-state index in [1.165, 1.54) is 17.4 Å². The van der Waals surface area contributed by atoms with E-state index < -0.39 is 17.7 Å². The van der Waals surface area contributed by atoms with Gasteiger partial charge in [-0.15, -0.1) is 10.2 Å². The Bertz CT molecular complexity index is 1030. The first kappa shape index (κ1) is 26.1. The molecule has 2 heterocycles. The summed E-state index contributed by atoms with van der Waals surface area (Å²) in [5, 5.41) is 16.3. The van der Waals surface area contributed by atoms with Crippen LogP contribution < -0.4 is 10.6 Å². The number of nitrogens with zero attached hydrogens (tertiary/aromatic N) is 3. The molecule has 0 bridgehead atoms. The number of nitrogens with one attached hydrogen (secondary N) is 2. The maximum absolute atomic E-state index is 14.3. The zero-order valence-corrected chi connectivity index (χ0v) is 21.5. The molecule has 7 nitrogen and oxygen atoms in total. The zero-order chi connectivity index (χ0) is 25.0. The van der Waals surface area contributed by atoms with E-state index >= 15 is 0 Å². The minimum atomic E-state index is -0.541. The van der Waals surface area contributed by atoms with Crippen molar-refractivity contribution in [1.82, 2.24) is 20.4 Å². The van der Waals surface area contributed by atoms with E-state index in [-0.39, 0.29) is 17.4 Å². The number of hydrogen-bond donors (Lipinski definition) is 2. The quantitative estimate of drug-likeness (QED) is 0.539. The summed E-state index contributed by atoms with van der Waals surface area (Å²) in [6.07, 6.45) is 3.22. The van der Waals surface area contributed by atoms with Crippen LogP contribution in [0.2, 0.25) is 0 Å². The lowest BCUT2D eigenvalue weighted by atomic mass is 9.87. The number of carbonyl (C=O) groups is 1. The molecular formula is C25H35F2N5O2S. The highest BCUT2D eigenvalue weighted by Gasteiger charge is 2.31. The maximum atomic E-state index is 14.3. The van der Waals surface area contributed by atoms with Gasteiger partial charge in [-0.25, -0.2) is 8.78 Å². The van der Waals surface area contributed by atoms with Crippen molar-refractivity contribution in [3.63, 3.8) is 0 Å². The fourth-order valence-electron chi connectivity index (χ4n) is 4.92. The Morgan fingerprint density at radius 3 is 2.80 bits per heavy atom. The topological polar surface area (TPSA) is 79.4 Å². The Morgan fingerprint density at radius 1 is 1.29 bits per heavy atom. The first-order valence-electron chi connectivity index (χ1n) is 12.4. The number of aromatic nitrogens is 2. The molecule has 0 radical (unpaired) electrons. The number of fused-ring (bicyclic) bond motifs is 1. The Hall–Kier alpha value is -2.01. The lowest BCUT2D eigenvalue weighted by Crippen LogP contribution is -2.47. The number of ether oxygens (including phenoxy) is 1. The second-order valence-corrected chi connectivity index (χ2v) is 11.1. The van der Waals surface area contributed by atoms with Gasteiger partial charge in [0.2, 0.25) is 11.0 Å². The van der Waals surface area contributed by atoms with Crippen molar-refractivity contribution in [3.05, 3.63) is 39.9 Å². The normalized spacial score (nSPS) is 19.9. The Balaban J connectivity index is 1.37. The van der Waals surface area contributed by atoms with Gasteiger partial charge in [0.25, 0.3) is 0 Å². The summed E-state index contributed by atoms with van der Waals surface area (Å²) in [5.41, 5.74) is 1.07. The summed E-state index contributed by atoms with van der Waals surface area (Å²) in [6.45, 7) is 10.5. The van der Waals surface area contributed by atoms with Crippen LogP contribution in [0.1, 0.15) is 56.2 Å². The van der Waals surface area contributed by atoms with E-state index in [0.717, 1.165) is 62.3 Å². The number of hydrogen-bond acceptors (Lipinski definition) is 7. The number of morpholine rings is 1. The molecule has 1 fully saturated rings. The smallest absolute Gasteiger partial charge is 0.243 e. The van der Waals surface area contributed by atoms with Crippen molar-refractivity contribution in [1.29, 1.82) is 0 Å². The van der Waals surface area contributed by atoms with Gasteiger partial charge in [-0.2, -0.15) is 0 Å². The Morgan fingerprint density at radius 2 is 2.06 bits per heavy atom. The van der Waals surface area contributed by atoms with E-state index in [0.29, 0.717) is 30.0 Å². The van der Waals surface area contributed by atoms with Crippen LogP contribution in [0, 0.1) is 11.6 Å². The van der Waals surface area contributed by atoms with Gasteiger partial charge in [0.15, 0.2) is 0 Å². The van der Waals surface area contributed by atoms with Crippen molar-refractivity contribution in [3.8, 4) is 0 Å². The first-order valence-corrected chi connectivity index (χ1v) is 13.2. The van der Waals surface area contributed by atoms with Crippen molar-refractivity contribution < 1.29 is 18.3 Å². The highest BCUT2D eigenvalue weighted by molar-refractivity contribution is 7.15. The molecule has 1 amide bonds. The van der Waals surface area contributed by atoms with Gasteiger partial charge in [-0.1, -0.05) is 38.5 Å². The second-order valence-electron chi connectivity index (χ2n) is 10.1. The van der Waals surface area contributed by atoms with Crippen molar-refractivity contribution in [2.75, 3.05) is 38.2 Å². The van der Waals surface area contributed by atoms with Gasteiger partial charge >= 0.3 is 0 Å². The van der Waals surface area contributed by atoms with Gasteiger partial charge in [0, 0.05) is 37.2 Å². The number of carbonyl (C=O) groups excluding carboxylic acids is 1. The van der Waals surface area contributed by atoms with Crippen LogP contribution in [-0.2, 0) is 27.8 Å². The van der Waals surface area contributed by atoms with Crippen LogP contribution >= 0.6 is 11.3 Å². The van der Waals surface area contributed by atoms with E-state index in [1.807, 2.05) is 6.92 Å². The highest BCUT2D eigenvalue weighted by atomic mass is 32.1. The standard InChI is InChI=1S/C25H35F2N5O2S/c1-4-5-21(28-18-7-6-16-12-17(26)13-20(27)19(16)14-18)22(33)29-24-31-30-23(35-24)25(2,3)15-32-8-10-34-11-9-32/h12-13,18,21,28H,4-11,14-15H2,1-3H3,(H,29,31,33). The number of rotatable bonds is 9. The maximum Gasteiger partial charge on any atom is 0.243 e. The molecule has 0 spiro atoms. The third kappa shape index (κ3) is 6.61. The number of benzene rings is 1. The molecule has 1 saturated heterocycles. The van der Waals surface area contributed by atoms with Crippen molar-refractivity contribution in [2.45, 2.75) is 70.4 Å². The van der Waals surface area contributed by atoms with Crippen LogP contribution in [0.15, 0.2) is 12.1 Å². The fraction of sp³-hybridized carbons (Fsp3) is 0.640. The highest BCUT2D eigenvalue weighted by Crippen LogP contribution is 2.30. The molecule has 2 aromatic rings. The third-order valence-electron chi connectivity index (χ3n) is 6.75. The molecule has 4 rings (SSSR count). The average molecular weight is 508 g/mol. The van der Waals surface area contributed by atoms with Gasteiger partial charge < -0.3 is 10.1 Å². The predicted molar refractivity (Wildman–Crippen MR) is 133 cm³/mol. The van der Waals surface area contributed by atoms with E-state index in [9.17, 15) is 13.6 Å². The average Bonchev–Trinajstić information content (AvgIpc) is 3.29. The zero-order valence-electron chi connectivity index (χ0n) is 20.7. The summed E-state index contributed by atoms with van der Waals surface area (Å²) in [5.74, 6) is -1.21. The molecule has 35 heavy (non-hydrogen) atoms. The van der Waals surface area contributed by atoms with Crippen molar-refractivity contribution in [2.24, 2.45) is 0 Å². The number of anilines is 1.